The van der Waals surface area contributed by atoms with Crippen molar-refractivity contribution in [2.75, 3.05) is 5.32 Å². The molecule has 0 saturated heterocycles. The Bertz CT molecular complexity index is 1230. The number of hydrogen-bond acceptors (Lipinski definition) is 6. The quantitative estimate of drug-likeness (QED) is 0.430. The third kappa shape index (κ3) is 5.04. The van der Waals surface area contributed by atoms with Crippen LogP contribution in [-0.2, 0) is 4.79 Å². The molecule has 0 unspecified atom stereocenters. The zero-order valence-electron chi connectivity index (χ0n) is 17.4. The van der Waals surface area contributed by atoms with Crippen LogP contribution in [0.1, 0.15) is 22.1 Å². The summed E-state index contributed by atoms with van der Waals surface area (Å²) >= 11 is 1.58. The van der Waals surface area contributed by atoms with Crippen LogP contribution in [0.5, 0.6) is 11.6 Å². The fourth-order valence-corrected chi connectivity index (χ4v) is 3.50. The van der Waals surface area contributed by atoms with Crippen molar-refractivity contribution < 1.29 is 9.53 Å². The van der Waals surface area contributed by atoms with Gasteiger partial charge >= 0.3 is 0 Å². The molecule has 7 nitrogen and oxygen atoms in total. The number of ether oxygens (including phenoxy) is 1. The lowest BCUT2D eigenvalue weighted by atomic mass is 10.3. The number of aromatic nitrogens is 4. The van der Waals surface area contributed by atoms with E-state index in [1.807, 2.05) is 42.9 Å². The van der Waals surface area contributed by atoms with Gasteiger partial charge in [-0.2, -0.15) is 4.98 Å². The Hall–Kier alpha value is -3.78. The normalized spacial score (nSPS) is 11.1. The van der Waals surface area contributed by atoms with E-state index in [2.05, 4.69) is 20.3 Å². The first-order chi connectivity index (χ1) is 15.0. The van der Waals surface area contributed by atoms with Gasteiger partial charge in [0.2, 0.25) is 11.8 Å². The first-order valence-corrected chi connectivity index (χ1v) is 10.5. The van der Waals surface area contributed by atoms with Gasteiger partial charge in [-0.15, -0.1) is 11.3 Å². The van der Waals surface area contributed by atoms with Gasteiger partial charge in [-0.05, 0) is 62.6 Å². The van der Waals surface area contributed by atoms with Gasteiger partial charge in [0.1, 0.15) is 23.7 Å². The first kappa shape index (κ1) is 20.5. The maximum Gasteiger partial charge on any atom is 0.248 e. The Morgan fingerprint density at radius 3 is 2.61 bits per heavy atom. The number of imidazole rings is 1. The minimum absolute atomic E-state index is 0.191. The molecule has 31 heavy (non-hydrogen) atoms. The first-order valence-electron chi connectivity index (χ1n) is 9.65. The maximum atomic E-state index is 12.1. The molecule has 156 valence electrons. The average molecular weight is 432 g/mol. The molecule has 4 rings (SSSR count). The lowest BCUT2D eigenvalue weighted by molar-refractivity contribution is -0.111. The molecular weight excluding hydrogens is 410 g/mol. The second-order valence-corrected chi connectivity index (χ2v) is 7.84. The predicted molar refractivity (Wildman–Crippen MR) is 122 cm³/mol. The predicted octanol–water partition coefficient (Wildman–Crippen LogP) is 5.09. The molecule has 3 heterocycles. The molecule has 0 saturated carbocycles. The summed E-state index contributed by atoms with van der Waals surface area (Å²) in [6.45, 7) is 5.76. The molecule has 0 spiro atoms. The number of hydrogen-bond donors (Lipinski definition) is 1. The number of thiophene rings is 1. The molecule has 1 N–H and O–H groups in total. The molecule has 0 aliphatic rings. The summed E-state index contributed by atoms with van der Waals surface area (Å²) in [6.07, 6.45) is 5.04. The Balaban J connectivity index is 1.44. The monoisotopic (exact) mass is 431 g/mol. The van der Waals surface area contributed by atoms with E-state index >= 15 is 0 Å². The number of carbonyl (C=O) groups is 1. The number of benzene rings is 1. The van der Waals surface area contributed by atoms with Crippen LogP contribution in [0.4, 0.5) is 5.69 Å². The van der Waals surface area contributed by atoms with Crippen molar-refractivity contribution in [1.82, 2.24) is 19.5 Å². The summed E-state index contributed by atoms with van der Waals surface area (Å²) in [5, 5.41) is 4.80. The van der Waals surface area contributed by atoms with E-state index in [9.17, 15) is 4.79 Å². The highest BCUT2D eigenvalue weighted by molar-refractivity contribution is 7.10. The van der Waals surface area contributed by atoms with E-state index in [-0.39, 0.29) is 5.91 Å². The van der Waals surface area contributed by atoms with Gasteiger partial charge in [-0.3, -0.25) is 9.36 Å². The van der Waals surface area contributed by atoms with E-state index in [0.717, 1.165) is 16.3 Å². The van der Waals surface area contributed by atoms with Crippen LogP contribution in [0, 0.1) is 20.8 Å². The van der Waals surface area contributed by atoms with Crippen LogP contribution in [0.15, 0.2) is 60.2 Å². The van der Waals surface area contributed by atoms with Gasteiger partial charge in [0.05, 0.1) is 5.69 Å². The van der Waals surface area contributed by atoms with Gasteiger partial charge in [-0.25, -0.2) is 9.97 Å². The van der Waals surface area contributed by atoms with E-state index < -0.39 is 0 Å². The second-order valence-electron chi connectivity index (χ2n) is 6.86. The van der Waals surface area contributed by atoms with Crippen LogP contribution in [0.25, 0.3) is 11.9 Å². The fraction of sp³-hybridized carbons (Fsp3) is 0.130. The molecule has 4 aromatic rings. The summed E-state index contributed by atoms with van der Waals surface area (Å²) < 4.78 is 7.82. The summed E-state index contributed by atoms with van der Waals surface area (Å²) in [7, 11) is 0. The van der Waals surface area contributed by atoms with Gasteiger partial charge in [-0.1, -0.05) is 6.07 Å². The molecular formula is C23H21N5O2S. The summed E-state index contributed by atoms with van der Waals surface area (Å²) in [6, 6.07) is 12.8. The summed E-state index contributed by atoms with van der Waals surface area (Å²) in [5.41, 5.74) is 2.64. The Kier molecular flexibility index (Phi) is 5.90. The average Bonchev–Trinajstić information content (AvgIpc) is 3.38. The SMILES string of the molecule is Cc1nc(Oc2ccc(NC(=O)/C=C/c3cccs3)cc2)cc(-n2cnc(C)c2C)n1. The maximum absolute atomic E-state index is 12.1. The third-order valence-electron chi connectivity index (χ3n) is 4.59. The molecule has 0 bridgehead atoms. The molecule has 0 aliphatic carbocycles. The molecule has 8 heteroatoms. The number of nitrogens with zero attached hydrogens (tertiary/aromatic N) is 4. The molecule has 0 atom stereocenters. The van der Waals surface area contributed by atoms with Crippen molar-refractivity contribution >= 4 is 29.0 Å². The third-order valence-corrected chi connectivity index (χ3v) is 5.42. The highest BCUT2D eigenvalue weighted by atomic mass is 32.1. The van der Waals surface area contributed by atoms with Crippen molar-refractivity contribution in [3.05, 3.63) is 82.3 Å². The Morgan fingerprint density at radius 1 is 1.13 bits per heavy atom. The molecule has 0 fully saturated rings. The van der Waals surface area contributed by atoms with Crippen LogP contribution in [0.3, 0.4) is 0 Å². The van der Waals surface area contributed by atoms with Crippen LogP contribution in [0.2, 0.25) is 0 Å². The van der Waals surface area contributed by atoms with Crippen LogP contribution >= 0.6 is 11.3 Å². The van der Waals surface area contributed by atoms with Crippen LogP contribution < -0.4 is 10.1 Å². The lowest BCUT2D eigenvalue weighted by Crippen LogP contribution is -2.07. The smallest absolute Gasteiger partial charge is 0.248 e. The Labute approximate surface area is 184 Å². The van der Waals surface area contributed by atoms with Crippen LogP contribution in [-0.4, -0.2) is 25.4 Å². The molecule has 1 amide bonds. The van der Waals surface area contributed by atoms with E-state index in [1.54, 1.807) is 54.1 Å². The lowest BCUT2D eigenvalue weighted by Gasteiger charge is -2.10. The number of aryl methyl sites for hydroxylation is 2. The number of nitrogens with one attached hydrogen (secondary N) is 1. The van der Waals surface area contributed by atoms with E-state index in [4.69, 9.17) is 4.74 Å². The summed E-state index contributed by atoms with van der Waals surface area (Å²) in [4.78, 5) is 26.3. The highest BCUT2D eigenvalue weighted by Gasteiger charge is 2.10. The zero-order chi connectivity index (χ0) is 21.8. The summed E-state index contributed by atoms with van der Waals surface area (Å²) in [5.74, 6) is 2.14. The van der Waals surface area contributed by atoms with Crippen molar-refractivity contribution in [2.45, 2.75) is 20.8 Å². The van der Waals surface area contributed by atoms with E-state index in [1.165, 1.54) is 6.08 Å². The van der Waals surface area contributed by atoms with Crippen molar-refractivity contribution in [2.24, 2.45) is 0 Å². The van der Waals surface area contributed by atoms with Gasteiger partial charge in [0, 0.05) is 28.4 Å². The second kappa shape index (κ2) is 8.93. The zero-order valence-corrected chi connectivity index (χ0v) is 18.2. The van der Waals surface area contributed by atoms with E-state index in [0.29, 0.717) is 29.0 Å². The largest absolute Gasteiger partial charge is 0.439 e. The van der Waals surface area contributed by atoms with Crippen molar-refractivity contribution in [1.29, 1.82) is 0 Å². The molecule has 0 radical (unpaired) electrons. The minimum Gasteiger partial charge on any atom is -0.439 e. The van der Waals surface area contributed by atoms with Gasteiger partial charge < -0.3 is 10.1 Å². The number of amides is 1. The van der Waals surface area contributed by atoms with Gasteiger partial charge in [0.15, 0.2) is 0 Å². The number of anilines is 1. The number of carbonyl (C=O) groups excluding carboxylic acids is 1. The fourth-order valence-electron chi connectivity index (χ4n) is 2.89. The van der Waals surface area contributed by atoms with Gasteiger partial charge in [0.25, 0.3) is 0 Å². The van der Waals surface area contributed by atoms with Crippen molar-refractivity contribution in [3.8, 4) is 17.4 Å². The molecule has 0 aliphatic heterocycles. The highest BCUT2D eigenvalue weighted by Crippen LogP contribution is 2.24. The Morgan fingerprint density at radius 2 is 1.94 bits per heavy atom. The molecule has 1 aromatic carbocycles. The topological polar surface area (TPSA) is 81.9 Å². The molecule has 3 aromatic heterocycles. The standard InChI is InChI=1S/C23H21N5O2S/c1-15-16(2)28(14-24-15)21-13-23(26-17(3)25-21)30-19-8-6-18(7-9-19)27-22(29)11-10-20-5-4-12-31-20/h4-14H,1-3H3,(H,27,29)/b11-10+. The number of rotatable bonds is 6. The van der Waals surface area contributed by atoms with Crippen molar-refractivity contribution in [3.63, 3.8) is 0 Å². The minimum atomic E-state index is -0.191.